The fourth-order valence-corrected chi connectivity index (χ4v) is 1.11. The highest BCUT2D eigenvalue weighted by Crippen LogP contribution is 2.14. The van der Waals surface area contributed by atoms with Gasteiger partial charge in [-0.1, -0.05) is 13.3 Å². The van der Waals surface area contributed by atoms with E-state index in [0.29, 0.717) is 0 Å². The van der Waals surface area contributed by atoms with E-state index >= 15 is 0 Å². The molecule has 0 fully saturated rings. The number of hydrogen-bond donors (Lipinski definition) is 1. The molecule has 0 saturated heterocycles. The summed E-state index contributed by atoms with van der Waals surface area (Å²) in [5, 5.41) is 0. The maximum atomic E-state index is 5.87. The maximum absolute atomic E-state index is 5.87. The van der Waals surface area contributed by atoms with Gasteiger partial charge in [-0.2, -0.15) is 0 Å². The van der Waals surface area contributed by atoms with Gasteiger partial charge >= 0.3 is 0 Å². The second kappa shape index (κ2) is 4.11. The van der Waals surface area contributed by atoms with Gasteiger partial charge in [0.25, 0.3) is 0 Å². The lowest BCUT2D eigenvalue weighted by molar-refractivity contribution is 0.0874. The summed E-state index contributed by atoms with van der Waals surface area (Å²) in [5.74, 6) is 0. The van der Waals surface area contributed by atoms with Crippen molar-refractivity contribution in [3.8, 4) is 0 Å². The fourth-order valence-electron chi connectivity index (χ4n) is 0.810. The standard InChI is InChI=1S/C7H19NOSi/c1-4-5-6(8)7(2,3)9-10/h6H,4-5,8H2,1-3,10H3. The van der Waals surface area contributed by atoms with E-state index in [0.717, 1.165) is 23.3 Å². The third-order valence-corrected chi connectivity index (χ3v) is 3.07. The van der Waals surface area contributed by atoms with Gasteiger partial charge in [0.05, 0.1) is 5.60 Å². The molecule has 0 spiro atoms. The molecule has 0 aromatic rings. The smallest absolute Gasteiger partial charge is 0.146 e. The van der Waals surface area contributed by atoms with Gasteiger partial charge in [-0.05, 0) is 20.3 Å². The molecule has 62 valence electrons. The van der Waals surface area contributed by atoms with Crippen LogP contribution in [0.4, 0.5) is 0 Å². The van der Waals surface area contributed by atoms with Crippen LogP contribution >= 0.6 is 0 Å². The molecule has 0 aliphatic rings. The molecule has 0 aliphatic heterocycles. The lowest BCUT2D eigenvalue weighted by atomic mass is 9.96. The molecule has 0 aromatic carbocycles. The van der Waals surface area contributed by atoms with Crippen molar-refractivity contribution in [3.05, 3.63) is 0 Å². The molecule has 0 bridgehead atoms. The van der Waals surface area contributed by atoms with Gasteiger partial charge in [0.15, 0.2) is 0 Å². The van der Waals surface area contributed by atoms with Crippen molar-refractivity contribution in [3.63, 3.8) is 0 Å². The van der Waals surface area contributed by atoms with Crippen LogP contribution in [-0.2, 0) is 4.43 Å². The summed E-state index contributed by atoms with van der Waals surface area (Å²) in [4.78, 5) is 0. The first-order valence-electron chi connectivity index (χ1n) is 3.85. The first kappa shape index (κ1) is 10.1. The molecule has 0 radical (unpaired) electrons. The van der Waals surface area contributed by atoms with Crippen LogP contribution in [0.25, 0.3) is 0 Å². The Labute approximate surface area is 66.7 Å². The van der Waals surface area contributed by atoms with E-state index in [2.05, 4.69) is 20.8 Å². The van der Waals surface area contributed by atoms with Crippen molar-refractivity contribution in [1.29, 1.82) is 0 Å². The molecule has 0 saturated carbocycles. The lowest BCUT2D eigenvalue weighted by Crippen LogP contribution is -2.44. The predicted octanol–water partition coefficient (Wildman–Crippen LogP) is 0.189. The second-order valence-electron chi connectivity index (χ2n) is 3.20. The summed E-state index contributed by atoms with van der Waals surface area (Å²) < 4.78 is 5.37. The van der Waals surface area contributed by atoms with Crippen LogP contribution in [0.2, 0.25) is 0 Å². The van der Waals surface area contributed by atoms with Crippen molar-refractivity contribution in [2.75, 3.05) is 0 Å². The van der Waals surface area contributed by atoms with Gasteiger partial charge in [-0.15, -0.1) is 0 Å². The van der Waals surface area contributed by atoms with E-state index in [9.17, 15) is 0 Å². The van der Waals surface area contributed by atoms with Crippen molar-refractivity contribution < 1.29 is 4.43 Å². The second-order valence-corrected chi connectivity index (χ2v) is 3.61. The average molecular weight is 161 g/mol. The molecule has 0 heterocycles. The summed E-state index contributed by atoms with van der Waals surface area (Å²) in [6.45, 7) is 6.25. The molecule has 0 aliphatic carbocycles. The van der Waals surface area contributed by atoms with Crippen LogP contribution in [0, 0.1) is 0 Å². The third-order valence-electron chi connectivity index (χ3n) is 2.02. The predicted molar refractivity (Wildman–Crippen MR) is 48.0 cm³/mol. The van der Waals surface area contributed by atoms with Crippen LogP contribution in [-0.4, -0.2) is 22.1 Å². The Hall–Kier alpha value is 0.137. The molecule has 2 N–H and O–H groups in total. The Balaban J connectivity index is 3.78. The molecule has 0 aromatic heterocycles. The van der Waals surface area contributed by atoms with Crippen molar-refractivity contribution in [2.24, 2.45) is 5.73 Å². The van der Waals surface area contributed by atoms with Gasteiger partial charge in [0.2, 0.25) is 0 Å². The molecule has 2 nitrogen and oxygen atoms in total. The summed E-state index contributed by atoms with van der Waals surface area (Å²) in [5.41, 5.74) is 5.76. The highest BCUT2D eigenvalue weighted by atomic mass is 28.2. The summed E-state index contributed by atoms with van der Waals surface area (Å²) in [7, 11) is 0.772. The average Bonchev–Trinajstić information content (AvgIpc) is 1.89. The van der Waals surface area contributed by atoms with Gasteiger partial charge < -0.3 is 10.2 Å². The van der Waals surface area contributed by atoms with Gasteiger partial charge in [0, 0.05) is 6.04 Å². The molecular formula is C7H19NOSi. The van der Waals surface area contributed by atoms with Gasteiger partial charge in [-0.25, -0.2) is 0 Å². The maximum Gasteiger partial charge on any atom is 0.146 e. The minimum atomic E-state index is -0.109. The SMILES string of the molecule is CCCC(N)C(C)(C)O[SiH3]. The monoisotopic (exact) mass is 161 g/mol. The molecule has 3 heteroatoms. The first-order chi connectivity index (χ1) is 4.54. The van der Waals surface area contributed by atoms with Gasteiger partial charge in [0.1, 0.15) is 10.5 Å². The lowest BCUT2D eigenvalue weighted by Gasteiger charge is -2.30. The van der Waals surface area contributed by atoms with Crippen LogP contribution in [0.1, 0.15) is 33.6 Å². The summed E-state index contributed by atoms with van der Waals surface area (Å²) in [6, 6.07) is 0.190. The first-order valence-corrected chi connectivity index (χ1v) is 4.67. The van der Waals surface area contributed by atoms with Crippen molar-refractivity contribution >= 4 is 10.5 Å². The van der Waals surface area contributed by atoms with Crippen molar-refractivity contribution in [1.82, 2.24) is 0 Å². The van der Waals surface area contributed by atoms with Gasteiger partial charge in [-0.3, -0.25) is 0 Å². The van der Waals surface area contributed by atoms with Crippen LogP contribution < -0.4 is 5.73 Å². The quantitative estimate of drug-likeness (QED) is 0.597. The Morgan fingerprint density at radius 3 is 2.40 bits per heavy atom. The molecule has 1 atom stereocenters. The molecular weight excluding hydrogens is 142 g/mol. The Morgan fingerprint density at radius 1 is 1.60 bits per heavy atom. The normalized spacial score (nSPS) is 15.6. The summed E-state index contributed by atoms with van der Waals surface area (Å²) in [6.07, 6.45) is 2.19. The molecule has 10 heavy (non-hydrogen) atoms. The molecule has 0 rings (SSSR count). The number of hydrogen-bond acceptors (Lipinski definition) is 2. The zero-order valence-corrected chi connectivity index (χ0v) is 9.48. The zero-order valence-electron chi connectivity index (χ0n) is 7.48. The molecule has 0 amide bonds. The largest absolute Gasteiger partial charge is 0.421 e. The van der Waals surface area contributed by atoms with E-state index in [1.54, 1.807) is 0 Å². The molecule has 1 unspecified atom stereocenters. The minimum Gasteiger partial charge on any atom is -0.421 e. The zero-order chi connectivity index (χ0) is 8.20. The number of rotatable bonds is 4. The Kier molecular flexibility index (Phi) is 4.16. The van der Waals surface area contributed by atoms with Crippen molar-refractivity contribution in [2.45, 2.75) is 45.3 Å². The fraction of sp³-hybridized carbons (Fsp3) is 1.00. The Bertz CT molecular complexity index is 95.6. The van der Waals surface area contributed by atoms with E-state index in [-0.39, 0.29) is 11.6 Å². The van der Waals surface area contributed by atoms with Crippen LogP contribution in [0.5, 0.6) is 0 Å². The Morgan fingerprint density at radius 2 is 2.10 bits per heavy atom. The van der Waals surface area contributed by atoms with Crippen LogP contribution in [0.15, 0.2) is 0 Å². The van der Waals surface area contributed by atoms with E-state index in [4.69, 9.17) is 10.2 Å². The van der Waals surface area contributed by atoms with Crippen LogP contribution in [0.3, 0.4) is 0 Å². The number of nitrogens with two attached hydrogens (primary N) is 1. The highest BCUT2D eigenvalue weighted by molar-refractivity contribution is 5.98. The van der Waals surface area contributed by atoms with E-state index < -0.39 is 0 Å². The van der Waals surface area contributed by atoms with E-state index in [1.165, 1.54) is 0 Å². The minimum absolute atomic E-state index is 0.109. The van der Waals surface area contributed by atoms with E-state index in [1.807, 2.05) is 0 Å². The summed E-state index contributed by atoms with van der Waals surface area (Å²) >= 11 is 0. The topological polar surface area (TPSA) is 35.2 Å². The highest BCUT2D eigenvalue weighted by Gasteiger charge is 2.23. The third kappa shape index (κ3) is 2.81.